The van der Waals surface area contributed by atoms with Gasteiger partial charge in [0.25, 0.3) is 0 Å². The minimum atomic E-state index is 0.117. The van der Waals surface area contributed by atoms with Gasteiger partial charge in [-0.05, 0) is 19.8 Å². The van der Waals surface area contributed by atoms with Crippen LogP contribution in [0.1, 0.15) is 52.9 Å². The van der Waals surface area contributed by atoms with Gasteiger partial charge in [0.05, 0.1) is 6.54 Å². The second kappa shape index (κ2) is 9.97. The van der Waals surface area contributed by atoms with E-state index in [-0.39, 0.29) is 5.91 Å². The molecular weight excluding hydrogens is 188 g/mol. The normalized spacial score (nSPS) is 12.5. The second-order valence-corrected chi connectivity index (χ2v) is 4.10. The van der Waals surface area contributed by atoms with E-state index in [9.17, 15) is 4.79 Å². The van der Waals surface area contributed by atoms with Crippen LogP contribution in [-0.2, 0) is 4.79 Å². The van der Waals surface area contributed by atoms with Gasteiger partial charge in [0, 0.05) is 12.6 Å². The lowest BCUT2D eigenvalue weighted by Crippen LogP contribution is -2.38. The molecule has 0 aliphatic heterocycles. The number of amides is 1. The minimum absolute atomic E-state index is 0.117. The number of unbranched alkanes of at least 4 members (excludes halogenated alkanes) is 3. The lowest BCUT2D eigenvalue weighted by atomic mass is 10.2. The molecule has 3 heteroatoms. The summed E-state index contributed by atoms with van der Waals surface area (Å²) in [4.78, 5) is 11.3. The Balaban J connectivity index is 3.26. The van der Waals surface area contributed by atoms with Crippen molar-refractivity contribution in [3.05, 3.63) is 0 Å². The average molecular weight is 214 g/mol. The van der Waals surface area contributed by atoms with Crippen molar-refractivity contribution in [2.45, 2.75) is 58.9 Å². The van der Waals surface area contributed by atoms with Crippen LogP contribution >= 0.6 is 0 Å². The van der Waals surface area contributed by atoms with E-state index in [2.05, 4.69) is 31.4 Å². The summed E-state index contributed by atoms with van der Waals surface area (Å²) in [6.45, 7) is 7.66. The summed E-state index contributed by atoms with van der Waals surface area (Å²) < 4.78 is 0. The van der Waals surface area contributed by atoms with Gasteiger partial charge in [-0.15, -0.1) is 0 Å². The number of carbonyl (C=O) groups is 1. The molecule has 0 aromatic carbocycles. The van der Waals surface area contributed by atoms with E-state index >= 15 is 0 Å². The van der Waals surface area contributed by atoms with Crippen molar-refractivity contribution >= 4 is 5.91 Å². The van der Waals surface area contributed by atoms with E-state index < -0.39 is 0 Å². The van der Waals surface area contributed by atoms with Crippen molar-refractivity contribution < 1.29 is 4.79 Å². The number of hydrogen-bond donors (Lipinski definition) is 2. The third kappa shape index (κ3) is 9.73. The third-order valence-corrected chi connectivity index (χ3v) is 2.58. The number of rotatable bonds is 9. The maximum atomic E-state index is 11.3. The topological polar surface area (TPSA) is 41.1 Å². The molecule has 0 spiro atoms. The fourth-order valence-electron chi connectivity index (χ4n) is 1.25. The van der Waals surface area contributed by atoms with Crippen LogP contribution in [0.5, 0.6) is 0 Å². The minimum Gasteiger partial charge on any atom is -0.355 e. The van der Waals surface area contributed by atoms with Gasteiger partial charge in [-0.25, -0.2) is 0 Å². The smallest absolute Gasteiger partial charge is 0.233 e. The van der Waals surface area contributed by atoms with Crippen LogP contribution < -0.4 is 10.6 Å². The Kier molecular flexibility index (Phi) is 9.59. The van der Waals surface area contributed by atoms with Gasteiger partial charge >= 0.3 is 0 Å². The van der Waals surface area contributed by atoms with E-state index in [1.807, 2.05) is 0 Å². The predicted octanol–water partition coefficient (Wildman–Crippen LogP) is 2.07. The van der Waals surface area contributed by atoms with E-state index in [4.69, 9.17) is 0 Å². The highest BCUT2D eigenvalue weighted by molar-refractivity contribution is 5.77. The van der Waals surface area contributed by atoms with Crippen LogP contribution in [0.4, 0.5) is 0 Å². The van der Waals surface area contributed by atoms with Crippen LogP contribution in [-0.4, -0.2) is 25.0 Å². The first kappa shape index (κ1) is 14.4. The summed E-state index contributed by atoms with van der Waals surface area (Å²) in [5.74, 6) is 0.117. The highest BCUT2D eigenvalue weighted by atomic mass is 16.1. The zero-order valence-electron chi connectivity index (χ0n) is 10.4. The van der Waals surface area contributed by atoms with Crippen molar-refractivity contribution in [2.24, 2.45) is 0 Å². The van der Waals surface area contributed by atoms with Crippen LogP contribution in [0, 0.1) is 0 Å². The van der Waals surface area contributed by atoms with Gasteiger partial charge < -0.3 is 10.6 Å². The molecule has 0 saturated heterocycles. The Bertz CT molecular complexity index is 160. The molecule has 1 unspecified atom stereocenters. The van der Waals surface area contributed by atoms with Gasteiger partial charge in [0.15, 0.2) is 0 Å². The quantitative estimate of drug-likeness (QED) is 0.577. The van der Waals surface area contributed by atoms with E-state index in [0.29, 0.717) is 12.6 Å². The molecule has 0 fully saturated rings. The first-order valence-corrected chi connectivity index (χ1v) is 6.20. The molecular formula is C12H26N2O. The molecule has 0 aliphatic rings. The number of hydrogen-bond acceptors (Lipinski definition) is 2. The Labute approximate surface area is 94.0 Å². The van der Waals surface area contributed by atoms with Crippen LogP contribution in [0.3, 0.4) is 0 Å². The average Bonchev–Trinajstić information content (AvgIpc) is 2.25. The maximum absolute atomic E-state index is 11.3. The largest absolute Gasteiger partial charge is 0.355 e. The highest BCUT2D eigenvalue weighted by Crippen LogP contribution is 1.96. The van der Waals surface area contributed by atoms with Crippen molar-refractivity contribution in [3.8, 4) is 0 Å². The number of carbonyl (C=O) groups excluding carboxylic acids is 1. The fourth-order valence-corrected chi connectivity index (χ4v) is 1.25. The monoisotopic (exact) mass is 214 g/mol. The zero-order chi connectivity index (χ0) is 11.5. The summed E-state index contributed by atoms with van der Waals surface area (Å²) in [7, 11) is 0. The molecule has 0 heterocycles. The predicted molar refractivity (Wildman–Crippen MR) is 64.9 cm³/mol. The Morgan fingerprint density at radius 1 is 1.20 bits per heavy atom. The van der Waals surface area contributed by atoms with Crippen LogP contribution in [0.2, 0.25) is 0 Å². The zero-order valence-corrected chi connectivity index (χ0v) is 10.4. The lowest BCUT2D eigenvalue weighted by Gasteiger charge is -2.11. The first-order chi connectivity index (χ1) is 7.20. The standard InChI is InChI=1S/C12H26N2O/c1-4-6-7-8-9-13-12(15)10-14-11(3)5-2/h11,14H,4-10H2,1-3H3,(H,13,15). The van der Waals surface area contributed by atoms with Crippen LogP contribution in [0.15, 0.2) is 0 Å². The summed E-state index contributed by atoms with van der Waals surface area (Å²) in [6.07, 6.45) is 5.88. The third-order valence-electron chi connectivity index (χ3n) is 2.58. The molecule has 0 aromatic rings. The Morgan fingerprint density at radius 3 is 2.53 bits per heavy atom. The molecule has 0 aromatic heterocycles. The molecule has 3 nitrogen and oxygen atoms in total. The summed E-state index contributed by atoms with van der Waals surface area (Å²) in [6, 6.07) is 0.427. The molecule has 0 rings (SSSR count). The van der Waals surface area contributed by atoms with Crippen molar-refractivity contribution in [1.29, 1.82) is 0 Å². The summed E-state index contributed by atoms with van der Waals surface area (Å²) >= 11 is 0. The van der Waals surface area contributed by atoms with E-state index in [1.165, 1.54) is 19.3 Å². The van der Waals surface area contributed by atoms with Gasteiger partial charge in [-0.1, -0.05) is 33.1 Å². The second-order valence-electron chi connectivity index (χ2n) is 4.10. The highest BCUT2D eigenvalue weighted by Gasteiger charge is 2.02. The lowest BCUT2D eigenvalue weighted by molar-refractivity contribution is -0.120. The van der Waals surface area contributed by atoms with Gasteiger partial charge in [-0.2, -0.15) is 0 Å². The summed E-state index contributed by atoms with van der Waals surface area (Å²) in [5, 5.41) is 6.09. The molecule has 2 N–H and O–H groups in total. The van der Waals surface area contributed by atoms with Crippen LogP contribution in [0.25, 0.3) is 0 Å². The first-order valence-electron chi connectivity index (χ1n) is 6.20. The molecule has 1 amide bonds. The maximum Gasteiger partial charge on any atom is 0.233 e. The molecule has 15 heavy (non-hydrogen) atoms. The number of nitrogens with one attached hydrogen (secondary N) is 2. The van der Waals surface area contributed by atoms with Crippen molar-refractivity contribution in [1.82, 2.24) is 10.6 Å². The Hall–Kier alpha value is -0.570. The van der Waals surface area contributed by atoms with Gasteiger partial charge in [0.2, 0.25) is 5.91 Å². The molecule has 0 saturated carbocycles. The fraction of sp³-hybridized carbons (Fsp3) is 0.917. The SMILES string of the molecule is CCCCCCNC(=O)CNC(C)CC. The molecule has 0 bridgehead atoms. The van der Waals surface area contributed by atoms with Gasteiger partial charge in [0.1, 0.15) is 0 Å². The van der Waals surface area contributed by atoms with Gasteiger partial charge in [-0.3, -0.25) is 4.79 Å². The van der Waals surface area contributed by atoms with E-state index in [0.717, 1.165) is 19.4 Å². The molecule has 90 valence electrons. The molecule has 1 atom stereocenters. The van der Waals surface area contributed by atoms with Crippen molar-refractivity contribution in [3.63, 3.8) is 0 Å². The Morgan fingerprint density at radius 2 is 1.93 bits per heavy atom. The summed E-state index contributed by atoms with van der Waals surface area (Å²) in [5.41, 5.74) is 0. The molecule has 0 aliphatic carbocycles. The van der Waals surface area contributed by atoms with E-state index in [1.54, 1.807) is 0 Å². The van der Waals surface area contributed by atoms with Crippen molar-refractivity contribution in [2.75, 3.05) is 13.1 Å². The molecule has 0 radical (unpaired) electrons.